The van der Waals surface area contributed by atoms with Crippen LogP contribution in [0.15, 0.2) is 36.4 Å². The van der Waals surface area contributed by atoms with Crippen molar-refractivity contribution in [2.24, 2.45) is 0 Å². The molecule has 0 aliphatic rings. The minimum absolute atomic E-state index is 0.113. The number of anilines is 1. The number of methoxy groups -OCH3 is 1. The first-order valence-electron chi connectivity index (χ1n) is 8.53. The predicted molar refractivity (Wildman–Crippen MR) is 103 cm³/mol. The number of benzene rings is 2. The van der Waals surface area contributed by atoms with Gasteiger partial charge >= 0.3 is 5.97 Å². The molecule has 0 unspecified atom stereocenters. The standard InChI is InChI=1S/C20H20N4O4/c1-11-8-15(16(21)9-12(11)2)19(25)18-17(20(26)27)22-23-24(18)10-13-4-6-14(28-3)7-5-13/h4-9H,10,21H2,1-3H3,(H,26,27). The van der Waals surface area contributed by atoms with Crippen molar-refractivity contribution in [3.05, 3.63) is 70.0 Å². The van der Waals surface area contributed by atoms with Crippen LogP contribution in [0.2, 0.25) is 0 Å². The number of hydrogen-bond donors (Lipinski definition) is 2. The lowest BCUT2D eigenvalue weighted by atomic mass is 9.99. The van der Waals surface area contributed by atoms with Gasteiger partial charge in [0.2, 0.25) is 11.5 Å². The molecule has 0 amide bonds. The molecule has 0 aliphatic heterocycles. The van der Waals surface area contributed by atoms with E-state index in [-0.39, 0.29) is 23.5 Å². The second kappa shape index (κ2) is 7.51. The maximum atomic E-state index is 13.2. The molecule has 0 radical (unpaired) electrons. The van der Waals surface area contributed by atoms with Gasteiger partial charge in [-0.05, 0) is 54.8 Å². The lowest BCUT2D eigenvalue weighted by Gasteiger charge is -2.11. The number of aromatic carboxylic acids is 1. The second-order valence-corrected chi connectivity index (χ2v) is 6.45. The molecule has 8 nitrogen and oxygen atoms in total. The molecule has 1 heterocycles. The predicted octanol–water partition coefficient (Wildman–Crippen LogP) is 2.46. The van der Waals surface area contributed by atoms with Crippen LogP contribution < -0.4 is 10.5 Å². The van der Waals surface area contributed by atoms with E-state index in [1.807, 2.05) is 13.8 Å². The minimum atomic E-state index is -1.33. The van der Waals surface area contributed by atoms with Gasteiger partial charge in [-0.25, -0.2) is 9.48 Å². The van der Waals surface area contributed by atoms with Crippen molar-refractivity contribution in [3.63, 3.8) is 0 Å². The number of nitrogens with two attached hydrogens (primary N) is 1. The van der Waals surface area contributed by atoms with E-state index in [1.165, 1.54) is 4.68 Å². The SMILES string of the molecule is COc1ccc(Cn2nnc(C(=O)O)c2C(=O)c2cc(C)c(C)cc2N)cc1. The Morgan fingerprint density at radius 2 is 1.79 bits per heavy atom. The molecular weight excluding hydrogens is 360 g/mol. The van der Waals surface area contributed by atoms with Crippen LogP contribution in [0.1, 0.15) is 43.2 Å². The zero-order valence-electron chi connectivity index (χ0n) is 15.8. The lowest BCUT2D eigenvalue weighted by molar-refractivity contribution is 0.0686. The number of nitrogens with zero attached hydrogens (tertiary/aromatic N) is 3. The summed E-state index contributed by atoms with van der Waals surface area (Å²) in [6, 6.07) is 10.5. The average molecular weight is 380 g/mol. The number of hydrogen-bond acceptors (Lipinski definition) is 6. The zero-order valence-corrected chi connectivity index (χ0v) is 15.8. The Morgan fingerprint density at radius 3 is 2.39 bits per heavy atom. The Labute approximate surface area is 161 Å². The number of aromatic nitrogens is 3. The first-order chi connectivity index (χ1) is 13.3. The number of carbonyl (C=O) groups excluding carboxylic acids is 1. The van der Waals surface area contributed by atoms with Gasteiger partial charge in [-0.1, -0.05) is 17.3 Å². The summed E-state index contributed by atoms with van der Waals surface area (Å²) in [5.74, 6) is -1.17. The van der Waals surface area contributed by atoms with Crippen molar-refractivity contribution >= 4 is 17.4 Å². The molecule has 0 fully saturated rings. The summed E-state index contributed by atoms with van der Waals surface area (Å²) >= 11 is 0. The van der Waals surface area contributed by atoms with Crippen LogP contribution >= 0.6 is 0 Å². The third-order valence-electron chi connectivity index (χ3n) is 4.55. The summed E-state index contributed by atoms with van der Waals surface area (Å²) in [5.41, 5.74) is 8.64. The van der Waals surface area contributed by atoms with Gasteiger partial charge < -0.3 is 15.6 Å². The summed E-state index contributed by atoms with van der Waals surface area (Å²) < 4.78 is 6.41. The maximum absolute atomic E-state index is 13.2. The Kier molecular flexibility index (Phi) is 5.12. The molecule has 3 N–H and O–H groups in total. The highest BCUT2D eigenvalue weighted by Gasteiger charge is 2.27. The van der Waals surface area contributed by atoms with Crippen molar-refractivity contribution in [3.8, 4) is 5.75 Å². The molecule has 3 aromatic rings. The number of carboxylic acids is 1. The molecule has 144 valence electrons. The van der Waals surface area contributed by atoms with E-state index < -0.39 is 17.4 Å². The summed E-state index contributed by atoms with van der Waals surface area (Å²) in [6.07, 6.45) is 0. The van der Waals surface area contributed by atoms with Gasteiger partial charge in [-0.3, -0.25) is 4.79 Å². The smallest absolute Gasteiger partial charge is 0.358 e. The van der Waals surface area contributed by atoms with Gasteiger partial charge in [0, 0.05) is 11.3 Å². The van der Waals surface area contributed by atoms with Crippen molar-refractivity contribution in [2.45, 2.75) is 20.4 Å². The van der Waals surface area contributed by atoms with Crippen LogP contribution in [0, 0.1) is 13.8 Å². The Bertz CT molecular complexity index is 1050. The van der Waals surface area contributed by atoms with Crippen molar-refractivity contribution in [2.75, 3.05) is 12.8 Å². The van der Waals surface area contributed by atoms with Gasteiger partial charge in [0.05, 0.1) is 13.7 Å². The van der Waals surface area contributed by atoms with Crippen LogP contribution in [0.4, 0.5) is 5.69 Å². The number of ketones is 1. The van der Waals surface area contributed by atoms with Crippen LogP contribution in [-0.2, 0) is 6.54 Å². The first-order valence-corrected chi connectivity index (χ1v) is 8.53. The number of carboxylic acid groups (broad SMARTS) is 1. The zero-order chi connectivity index (χ0) is 20.4. The number of rotatable bonds is 6. The van der Waals surface area contributed by atoms with E-state index in [1.54, 1.807) is 43.5 Å². The average Bonchev–Trinajstić information content (AvgIpc) is 3.08. The minimum Gasteiger partial charge on any atom is -0.497 e. The first kappa shape index (κ1) is 19.1. The van der Waals surface area contributed by atoms with Crippen LogP contribution in [0.3, 0.4) is 0 Å². The third-order valence-corrected chi connectivity index (χ3v) is 4.55. The maximum Gasteiger partial charge on any atom is 0.358 e. The molecular formula is C20H20N4O4. The number of carbonyl (C=O) groups is 2. The molecule has 3 rings (SSSR count). The molecule has 28 heavy (non-hydrogen) atoms. The topological polar surface area (TPSA) is 120 Å². The van der Waals surface area contributed by atoms with Gasteiger partial charge in [0.25, 0.3) is 0 Å². The van der Waals surface area contributed by atoms with Gasteiger partial charge in [-0.2, -0.15) is 0 Å². The van der Waals surface area contributed by atoms with E-state index >= 15 is 0 Å². The largest absolute Gasteiger partial charge is 0.497 e. The van der Waals surface area contributed by atoms with Crippen LogP contribution in [-0.4, -0.2) is 39.0 Å². The number of nitrogen functional groups attached to an aromatic ring is 1. The highest BCUT2D eigenvalue weighted by atomic mass is 16.5. The van der Waals surface area contributed by atoms with E-state index in [0.29, 0.717) is 5.75 Å². The van der Waals surface area contributed by atoms with Crippen molar-refractivity contribution < 1.29 is 19.4 Å². The van der Waals surface area contributed by atoms with Gasteiger partial charge in [0.15, 0.2) is 0 Å². The lowest BCUT2D eigenvalue weighted by Crippen LogP contribution is -2.17. The van der Waals surface area contributed by atoms with Crippen LogP contribution in [0.5, 0.6) is 5.75 Å². The number of ether oxygens (including phenoxy) is 1. The molecule has 0 saturated heterocycles. The van der Waals surface area contributed by atoms with E-state index in [0.717, 1.165) is 16.7 Å². The molecule has 8 heteroatoms. The van der Waals surface area contributed by atoms with E-state index in [4.69, 9.17) is 10.5 Å². The van der Waals surface area contributed by atoms with Crippen LogP contribution in [0.25, 0.3) is 0 Å². The molecule has 0 saturated carbocycles. The fourth-order valence-electron chi connectivity index (χ4n) is 2.86. The monoisotopic (exact) mass is 380 g/mol. The Morgan fingerprint density at radius 1 is 1.14 bits per heavy atom. The number of aryl methyl sites for hydroxylation is 2. The summed E-state index contributed by atoms with van der Waals surface area (Å²) in [4.78, 5) is 24.8. The third kappa shape index (κ3) is 3.57. The summed E-state index contributed by atoms with van der Waals surface area (Å²) in [7, 11) is 1.57. The molecule has 0 aliphatic carbocycles. The van der Waals surface area contributed by atoms with Gasteiger partial charge in [0.1, 0.15) is 11.4 Å². The Hall–Kier alpha value is -3.68. The van der Waals surface area contributed by atoms with Crippen molar-refractivity contribution in [1.29, 1.82) is 0 Å². The highest BCUT2D eigenvalue weighted by molar-refractivity contribution is 6.15. The summed E-state index contributed by atoms with van der Waals surface area (Å²) in [5, 5.41) is 17.0. The fraction of sp³-hybridized carbons (Fsp3) is 0.200. The molecule has 0 atom stereocenters. The van der Waals surface area contributed by atoms with E-state index in [9.17, 15) is 14.7 Å². The van der Waals surface area contributed by atoms with Crippen molar-refractivity contribution in [1.82, 2.24) is 15.0 Å². The molecule has 1 aromatic heterocycles. The molecule has 2 aromatic carbocycles. The fourth-order valence-corrected chi connectivity index (χ4v) is 2.86. The highest BCUT2D eigenvalue weighted by Crippen LogP contribution is 2.23. The second-order valence-electron chi connectivity index (χ2n) is 6.45. The molecule has 0 spiro atoms. The quantitative estimate of drug-likeness (QED) is 0.498. The van der Waals surface area contributed by atoms with Gasteiger partial charge in [-0.15, -0.1) is 5.10 Å². The Balaban J connectivity index is 2.06. The summed E-state index contributed by atoms with van der Waals surface area (Å²) in [6.45, 7) is 3.92. The van der Waals surface area contributed by atoms with E-state index in [2.05, 4.69) is 10.3 Å². The molecule has 0 bridgehead atoms. The normalized spacial score (nSPS) is 10.7.